The average Bonchev–Trinajstić information content (AvgIpc) is 2.88. The summed E-state index contributed by atoms with van der Waals surface area (Å²) in [5.74, 6) is 0.868. The summed E-state index contributed by atoms with van der Waals surface area (Å²) in [5.41, 5.74) is 2.65. The van der Waals surface area contributed by atoms with Crippen LogP contribution >= 0.6 is 11.6 Å². The number of imidazole rings is 1. The third kappa shape index (κ3) is 3.54. The number of aromatic nitrogens is 2. The molecule has 0 saturated carbocycles. The Balaban J connectivity index is 1.83. The maximum atomic E-state index is 12.4. The van der Waals surface area contributed by atoms with Crippen molar-refractivity contribution in [3.05, 3.63) is 59.4 Å². The number of aryl methyl sites for hydroxylation is 1. The molecule has 0 spiro atoms. The number of anilines is 1. The molecule has 2 aromatic carbocycles. The van der Waals surface area contributed by atoms with Crippen molar-refractivity contribution in [3.63, 3.8) is 0 Å². The normalized spacial score (nSPS) is 10.9. The number of hydrogen-bond donors (Lipinski definition) is 1. The van der Waals surface area contributed by atoms with Gasteiger partial charge in [-0.2, -0.15) is 0 Å². The topological polar surface area (TPSA) is 46.9 Å². The molecule has 0 bridgehead atoms. The van der Waals surface area contributed by atoms with E-state index in [2.05, 4.69) is 17.2 Å². The zero-order valence-electron chi connectivity index (χ0n) is 12.9. The van der Waals surface area contributed by atoms with E-state index in [4.69, 9.17) is 11.6 Å². The third-order valence-corrected chi connectivity index (χ3v) is 3.89. The number of nitrogens with one attached hydrogen (secondary N) is 1. The molecule has 118 valence electrons. The summed E-state index contributed by atoms with van der Waals surface area (Å²) in [6.07, 6.45) is 1.84. The van der Waals surface area contributed by atoms with Crippen LogP contribution in [0.15, 0.2) is 48.5 Å². The van der Waals surface area contributed by atoms with Gasteiger partial charge in [0.25, 0.3) is 0 Å². The molecule has 1 amide bonds. The lowest BCUT2D eigenvalue weighted by molar-refractivity contribution is -0.116. The molecule has 0 atom stereocenters. The Morgan fingerprint density at radius 1 is 1.17 bits per heavy atom. The number of rotatable bonds is 5. The van der Waals surface area contributed by atoms with Gasteiger partial charge in [0, 0.05) is 17.1 Å². The van der Waals surface area contributed by atoms with Gasteiger partial charge in [0.1, 0.15) is 12.4 Å². The maximum absolute atomic E-state index is 12.4. The minimum atomic E-state index is -0.0761. The Bertz CT molecular complexity index is 824. The van der Waals surface area contributed by atoms with Crippen molar-refractivity contribution in [2.75, 3.05) is 5.32 Å². The highest BCUT2D eigenvalue weighted by atomic mass is 35.5. The van der Waals surface area contributed by atoms with E-state index in [1.807, 2.05) is 28.8 Å². The number of carbonyl (C=O) groups excluding carboxylic acids is 1. The molecular formula is C18H18ClN3O. The van der Waals surface area contributed by atoms with Gasteiger partial charge in [-0.15, -0.1) is 0 Å². The summed E-state index contributed by atoms with van der Waals surface area (Å²) in [4.78, 5) is 17.0. The standard InChI is InChI=1S/C18H18ClN3O/c1-2-5-17-21-15-6-3-4-7-16(15)22(17)12-18(23)20-14-10-8-13(19)9-11-14/h3-4,6-11H,2,5,12H2,1H3,(H,20,23). The van der Waals surface area contributed by atoms with E-state index in [1.165, 1.54) is 0 Å². The lowest BCUT2D eigenvalue weighted by Gasteiger charge is -2.10. The molecule has 0 radical (unpaired) electrons. The Labute approximate surface area is 140 Å². The van der Waals surface area contributed by atoms with Crippen LogP contribution in [0.1, 0.15) is 19.2 Å². The Hall–Kier alpha value is -2.33. The average molecular weight is 328 g/mol. The van der Waals surface area contributed by atoms with Gasteiger partial charge in [0.15, 0.2) is 0 Å². The minimum absolute atomic E-state index is 0.0761. The zero-order valence-corrected chi connectivity index (χ0v) is 13.7. The van der Waals surface area contributed by atoms with Crippen molar-refractivity contribution in [1.29, 1.82) is 0 Å². The number of nitrogens with zero attached hydrogens (tertiary/aromatic N) is 2. The second kappa shape index (κ2) is 6.84. The number of fused-ring (bicyclic) bond motifs is 1. The Morgan fingerprint density at radius 3 is 2.65 bits per heavy atom. The van der Waals surface area contributed by atoms with Crippen molar-refractivity contribution in [3.8, 4) is 0 Å². The number of para-hydroxylation sites is 2. The van der Waals surface area contributed by atoms with E-state index in [9.17, 15) is 4.79 Å². The van der Waals surface area contributed by atoms with Gasteiger partial charge in [-0.25, -0.2) is 4.98 Å². The highest BCUT2D eigenvalue weighted by molar-refractivity contribution is 6.30. The molecule has 0 aliphatic carbocycles. The molecule has 0 unspecified atom stereocenters. The molecule has 0 fully saturated rings. The van der Waals surface area contributed by atoms with Gasteiger partial charge < -0.3 is 9.88 Å². The van der Waals surface area contributed by atoms with E-state index in [0.717, 1.165) is 35.4 Å². The fourth-order valence-electron chi connectivity index (χ4n) is 2.59. The molecule has 4 nitrogen and oxygen atoms in total. The lowest BCUT2D eigenvalue weighted by atomic mass is 10.3. The minimum Gasteiger partial charge on any atom is -0.325 e. The molecule has 0 aliphatic rings. The van der Waals surface area contributed by atoms with Crippen LogP contribution in [0, 0.1) is 0 Å². The molecule has 1 N–H and O–H groups in total. The highest BCUT2D eigenvalue weighted by Gasteiger charge is 2.13. The predicted octanol–water partition coefficient (Wildman–Crippen LogP) is 4.28. The lowest BCUT2D eigenvalue weighted by Crippen LogP contribution is -2.20. The summed E-state index contributed by atoms with van der Waals surface area (Å²) >= 11 is 5.86. The number of amides is 1. The van der Waals surface area contributed by atoms with Crippen molar-refractivity contribution in [1.82, 2.24) is 9.55 Å². The number of carbonyl (C=O) groups is 1. The van der Waals surface area contributed by atoms with Gasteiger partial charge in [-0.1, -0.05) is 30.7 Å². The zero-order chi connectivity index (χ0) is 16.2. The molecule has 3 rings (SSSR count). The molecular weight excluding hydrogens is 310 g/mol. The van der Waals surface area contributed by atoms with Crippen LogP contribution in [0.2, 0.25) is 5.02 Å². The molecule has 0 aliphatic heterocycles. The van der Waals surface area contributed by atoms with Crippen molar-refractivity contribution < 1.29 is 4.79 Å². The van der Waals surface area contributed by atoms with E-state index in [1.54, 1.807) is 24.3 Å². The summed E-state index contributed by atoms with van der Waals surface area (Å²) in [7, 11) is 0. The van der Waals surface area contributed by atoms with E-state index in [0.29, 0.717) is 5.02 Å². The first-order valence-electron chi connectivity index (χ1n) is 7.67. The molecule has 23 heavy (non-hydrogen) atoms. The van der Waals surface area contributed by atoms with Crippen LogP contribution in [0.4, 0.5) is 5.69 Å². The largest absolute Gasteiger partial charge is 0.325 e. The van der Waals surface area contributed by atoms with Crippen LogP contribution in [-0.4, -0.2) is 15.5 Å². The fraction of sp³-hybridized carbons (Fsp3) is 0.222. The monoisotopic (exact) mass is 327 g/mol. The predicted molar refractivity (Wildman–Crippen MR) is 93.8 cm³/mol. The molecule has 1 aromatic heterocycles. The molecule has 5 heteroatoms. The van der Waals surface area contributed by atoms with Crippen molar-refractivity contribution >= 4 is 34.2 Å². The summed E-state index contributed by atoms with van der Waals surface area (Å²) in [5, 5.41) is 3.54. The molecule has 3 aromatic rings. The van der Waals surface area contributed by atoms with Crippen LogP contribution in [0.25, 0.3) is 11.0 Å². The maximum Gasteiger partial charge on any atom is 0.244 e. The van der Waals surface area contributed by atoms with Gasteiger partial charge in [0.2, 0.25) is 5.91 Å². The van der Waals surface area contributed by atoms with E-state index >= 15 is 0 Å². The van der Waals surface area contributed by atoms with Crippen LogP contribution < -0.4 is 5.32 Å². The SMILES string of the molecule is CCCc1nc2ccccc2n1CC(=O)Nc1ccc(Cl)cc1. The van der Waals surface area contributed by atoms with Crippen LogP contribution in [-0.2, 0) is 17.8 Å². The number of hydrogen-bond acceptors (Lipinski definition) is 2. The van der Waals surface area contributed by atoms with Crippen LogP contribution in [0.5, 0.6) is 0 Å². The second-order valence-corrected chi connectivity index (χ2v) is 5.84. The number of halogens is 1. The smallest absolute Gasteiger partial charge is 0.244 e. The first kappa shape index (κ1) is 15.6. The van der Waals surface area contributed by atoms with Crippen molar-refractivity contribution in [2.45, 2.75) is 26.3 Å². The Kier molecular flexibility index (Phi) is 4.63. The molecule has 0 saturated heterocycles. The van der Waals surface area contributed by atoms with Gasteiger partial charge in [0.05, 0.1) is 11.0 Å². The quantitative estimate of drug-likeness (QED) is 0.760. The summed E-state index contributed by atoms with van der Waals surface area (Å²) < 4.78 is 1.99. The van der Waals surface area contributed by atoms with Crippen molar-refractivity contribution in [2.24, 2.45) is 0 Å². The van der Waals surface area contributed by atoms with Gasteiger partial charge >= 0.3 is 0 Å². The highest BCUT2D eigenvalue weighted by Crippen LogP contribution is 2.18. The summed E-state index contributed by atoms with van der Waals surface area (Å²) in [6, 6.07) is 15.0. The van der Waals surface area contributed by atoms with Gasteiger partial charge in [-0.3, -0.25) is 4.79 Å². The van der Waals surface area contributed by atoms with Crippen LogP contribution in [0.3, 0.4) is 0 Å². The van der Waals surface area contributed by atoms with Gasteiger partial charge in [-0.05, 0) is 42.8 Å². The first-order chi connectivity index (χ1) is 11.2. The fourth-order valence-corrected chi connectivity index (χ4v) is 2.72. The van der Waals surface area contributed by atoms with E-state index < -0.39 is 0 Å². The van der Waals surface area contributed by atoms with E-state index in [-0.39, 0.29) is 12.5 Å². The Morgan fingerprint density at radius 2 is 1.91 bits per heavy atom. The summed E-state index contributed by atoms with van der Waals surface area (Å²) in [6.45, 7) is 2.36. The molecule has 1 heterocycles. The number of benzene rings is 2. The second-order valence-electron chi connectivity index (χ2n) is 5.41. The first-order valence-corrected chi connectivity index (χ1v) is 8.04. The third-order valence-electron chi connectivity index (χ3n) is 3.64.